The monoisotopic (exact) mass is 261 g/mol. The van der Waals surface area contributed by atoms with Crippen molar-refractivity contribution < 1.29 is 4.79 Å². The highest BCUT2D eigenvalue weighted by Gasteiger charge is 2.06. The fraction of sp³-hybridized carbons (Fsp3) is 0.444. The second-order valence-electron chi connectivity index (χ2n) is 3.18. The fourth-order valence-electron chi connectivity index (χ4n) is 1.05. The number of halogens is 1. The van der Waals surface area contributed by atoms with Gasteiger partial charge >= 0.3 is 0 Å². The molecule has 0 aliphatic rings. The molecule has 0 atom stereocenters. The van der Waals surface area contributed by atoms with E-state index in [1.807, 2.05) is 30.4 Å². The number of carbonyl (C=O) groups is 1. The predicted molar refractivity (Wildman–Crippen MR) is 59.3 cm³/mol. The van der Waals surface area contributed by atoms with Crippen LogP contribution < -0.4 is 0 Å². The first-order chi connectivity index (χ1) is 6.08. The van der Waals surface area contributed by atoms with Gasteiger partial charge in [0.05, 0.1) is 6.54 Å². The van der Waals surface area contributed by atoms with E-state index in [0.29, 0.717) is 13.0 Å². The van der Waals surface area contributed by atoms with Gasteiger partial charge in [0.15, 0.2) is 5.78 Å². The van der Waals surface area contributed by atoms with Crippen LogP contribution in [0.25, 0.3) is 0 Å². The summed E-state index contributed by atoms with van der Waals surface area (Å²) in [5, 5.41) is 2.00. The quantitative estimate of drug-likeness (QED) is 0.829. The Morgan fingerprint density at radius 2 is 2.31 bits per heavy atom. The molecule has 0 aliphatic heterocycles. The van der Waals surface area contributed by atoms with Crippen molar-refractivity contribution in [1.29, 1.82) is 0 Å². The Kier molecular flexibility index (Phi) is 4.09. The molecule has 1 heterocycles. The molecular formula is C9H12BrNOS. The van der Waals surface area contributed by atoms with E-state index in [1.165, 1.54) is 0 Å². The Morgan fingerprint density at radius 1 is 1.62 bits per heavy atom. The normalized spacial score (nSPS) is 10.8. The maximum atomic E-state index is 11.4. The highest BCUT2D eigenvalue weighted by molar-refractivity contribution is 9.10. The van der Waals surface area contributed by atoms with Crippen LogP contribution in [0.2, 0.25) is 0 Å². The van der Waals surface area contributed by atoms with Crippen LogP contribution in [0, 0.1) is 0 Å². The molecule has 1 aromatic heterocycles. The molecule has 0 amide bonds. The molecule has 0 radical (unpaired) electrons. The molecule has 0 unspecified atom stereocenters. The summed E-state index contributed by atoms with van der Waals surface area (Å²) in [6.45, 7) is 0.523. The molecular weight excluding hydrogens is 250 g/mol. The lowest BCUT2D eigenvalue weighted by molar-refractivity contribution is -0.118. The van der Waals surface area contributed by atoms with Crippen LogP contribution >= 0.6 is 27.3 Å². The smallest absolute Gasteiger partial charge is 0.151 e. The highest BCUT2D eigenvalue weighted by atomic mass is 79.9. The molecule has 0 bridgehead atoms. The molecule has 4 heteroatoms. The molecule has 0 spiro atoms. The summed E-state index contributed by atoms with van der Waals surface area (Å²) in [6.07, 6.45) is 0.550. The van der Waals surface area contributed by atoms with E-state index in [2.05, 4.69) is 15.9 Å². The zero-order chi connectivity index (χ0) is 9.84. The third kappa shape index (κ3) is 4.02. The van der Waals surface area contributed by atoms with Crippen molar-refractivity contribution in [2.45, 2.75) is 6.42 Å². The number of hydrogen-bond acceptors (Lipinski definition) is 3. The van der Waals surface area contributed by atoms with E-state index in [4.69, 9.17) is 0 Å². The van der Waals surface area contributed by atoms with E-state index < -0.39 is 0 Å². The van der Waals surface area contributed by atoms with E-state index in [-0.39, 0.29) is 5.78 Å². The molecule has 0 saturated heterocycles. The molecule has 0 aliphatic carbocycles. The number of rotatable bonds is 4. The summed E-state index contributed by atoms with van der Waals surface area (Å²) in [4.78, 5) is 14.4. The molecule has 2 nitrogen and oxygen atoms in total. The summed E-state index contributed by atoms with van der Waals surface area (Å²) in [7, 11) is 3.81. The summed E-state index contributed by atoms with van der Waals surface area (Å²) < 4.78 is 1.06. The van der Waals surface area contributed by atoms with Crippen LogP contribution in [0.1, 0.15) is 4.88 Å². The van der Waals surface area contributed by atoms with Crippen LogP contribution in [0.3, 0.4) is 0 Å². The zero-order valence-electron chi connectivity index (χ0n) is 7.71. The Hall–Kier alpha value is -0.190. The summed E-state index contributed by atoms with van der Waals surface area (Å²) >= 11 is 4.98. The van der Waals surface area contributed by atoms with Crippen LogP contribution in [-0.4, -0.2) is 31.3 Å². The van der Waals surface area contributed by atoms with Gasteiger partial charge in [-0.3, -0.25) is 4.79 Å². The lowest BCUT2D eigenvalue weighted by Gasteiger charge is -2.06. The van der Waals surface area contributed by atoms with Gasteiger partial charge in [-0.1, -0.05) is 0 Å². The molecule has 1 rings (SSSR count). The van der Waals surface area contributed by atoms with Crippen LogP contribution in [0.15, 0.2) is 15.9 Å². The van der Waals surface area contributed by atoms with Crippen LogP contribution in [0.5, 0.6) is 0 Å². The zero-order valence-corrected chi connectivity index (χ0v) is 10.1. The van der Waals surface area contributed by atoms with E-state index in [9.17, 15) is 4.79 Å². The molecule has 0 fully saturated rings. The fourth-order valence-corrected chi connectivity index (χ4v) is 2.53. The van der Waals surface area contributed by atoms with Gasteiger partial charge in [0.1, 0.15) is 0 Å². The van der Waals surface area contributed by atoms with Gasteiger partial charge in [0.25, 0.3) is 0 Å². The first kappa shape index (κ1) is 10.9. The number of carbonyl (C=O) groups excluding carboxylic acids is 1. The standard InChI is InChI=1S/C9H12BrNOS/c1-11(2)5-8(12)4-9-3-7(10)6-13-9/h3,6H,4-5H2,1-2H3. The number of ketones is 1. The minimum atomic E-state index is 0.263. The SMILES string of the molecule is CN(C)CC(=O)Cc1cc(Br)cs1. The Balaban J connectivity index is 2.45. The van der Waals surface area contributed by atoms with Crippen molar-refractivity contribution in [3.8, 4) is 0 Å². The Labute approximate surface area is 90.7 Å². The second-order valence-corrected chi connectivity index (χ2v) is 5.10. The van der Waals surface area contributed by atoms with Crippen molar-refractivity contribution in [2.24, 2.45) is 0 Å². The summed E-state index contributed by atoms with van der Waals surface area (Å²) in [5.41, 5.74) is 0. The maximum Gasteiger partial charge on any atom is 0.151 e. The van der Waals surface area contributed by atoms with Gasteiger partial charge in [-0.15, -0.1) is 11.3 Å². The van der Waals surface area contributed by atoms with Gasteiger partial charge in [-0.25, -0.2) is 0 Å². The molecule has 1 aromatic rings. The number of nitrogens with zero attached hydrogens (tertiary/aromatic N) is 1. The van der Waals surface area contributed by atoms with E-state index in [0.717, 1.165) is 9.35 Å². The minimum Gasteiger partial charge on any atom is -0.302 e. The van der Waals surface area contributed by atoms with Gasteiger partial charge in [0, 0.05) is 21.2 Å². The molecule has 13 heavy (non-hydrogen) atoms. The number of hydrogen-bond donors (Lipinski definition) is 0. The molecule has 0 aromatic carbocycles. The summed E-state index contributed by atoms with van der Waals surface area (Å²) in [5.74, 6) is 0.263. The minimum absolute atomic E-state index is 0.263. The lowest BCUT2D eigenvalue weighted by atomic mass is 10.2. The van der Waals surface area contributed by atoms with E-state index >= 15 is 0 Å². The summed E-state index contributed by atoms with van der Waals surface area (Å²) in [6, 6.07) is 2.00. The Morgan fingerprint density at radius 3 is 2.77 bits per heavy atom. The van der Waals surface area contributed by atoms with Gasteiger partial charge in [-0.2, -0.15) is 0 Å². The molecule has 0 N–H and O–H groups in total. The van der Waals surface area contributed by atoms with Crippen molar-refractivity contribution in [3.05, 3.63) is 20.8 Å². The molecule has 72 valence electrons. The average molecular weight is 262 g/mol. The number of Topliss-reactive ketones (excluding diaryl/α,β-unsaturated/α-hetero) is 1. The largest absolute Gasteiger partial charge is 0.302 e. The Bertz CT molecular complexity index is 296. The lowest BCUT2D eigenvalue weighted by Crippen LogP contribution is -2.22. The van der Waals surface area contributed by atoms with Crippen molar-refractivity contribution in [2.75, 3.05) is 20.6 Å². The first-order valence-electron chi connectivity index (χ1n) is 3.97. The number of likely N-dealkylation sites (N-methyl/N-ethyl adjacent to an activating group) is 1. The first-order valence-corrected chi connectivity index (χ1v) is 5.64. The van der Waals surface area contributed by atoms with Crippen LogP contribution in [-0.2, 0) is 11.2 Å². The predicted octanol–water partition coefficient (Wildman–Crippen LogP) is 2.18. The number of thiophene rings is 1. The third-order valence-electron chi connectivity index (χ3n) is 1.49. The van der Waals surface area contributed by atoms with Crippen molar-refractivity contribution in [3.63, 3.8) is 0 Å². The maximum absolute atomic E-state index is 11.4. The van der Waals surface area contributed by atoms with E-state index in [1.54, 1.807) is 11.3 Å². The third-order valence-corrected chi connectivity index (χ3v) is 3.18. The second kappa shape index (κ2) is 4.88. The van der Waals surface area contributed by atoms with Crippen LogP contribution in [0.4, 0.5) is 0 Å². The van der Waals surface area contributed by atoms with Gasteiger partial charge in [0.2, 0.25) is 0 Å². The average Bonchev–Trinajstić information content (AvgIpc) is 2.33. The van der Waals surface area contributed by atoms with Crippen molar-refractivity contribution in [1.82, 2.24) is 4.90 Å². The topological polar surface area (TPSA) is 20.3 Å². The van der Waals surface area contributed by atoms with Gasteiger partial charge < -0.3 is 4.90 Å². The highest BCUT2D eigenvalue weighted by Crippen LogP contribution is 2.20. The van der Waals surface area contributed by atoms with Gasteiger partial charge in [-0.05, 0) is 36.1 Å². The molecule has 0 saturated carbocycles. The van der Waals surface area contributed by atoms with Crippen molar-refractivity contribution >= 4 is 33.0 Å².